The molecule has 4 rings (SSSR count). The molecule has 2 heterocycles. The SMILES string of the molecule is O=C(C[C@@H]1C[C@H]2CC[C@H]1C2)N1CCN(c2ncccn2)CC1. The van der Waals surface area contributed by atoms with Crippen LogP contribution in [-0.2, 0) is 4.79 Å². The van der Waals surface area contributed by atoms with E-state index in [1.54, 1.807) is 12.4 Å². The number of carbonyl (C=O) groups excluding carboxylic acids is 1. The fourth-order valence-electron chi connectivity index (χ4n) is 4.59. The van der Waals surface area contributed by atoms with Gasteiger partial charge in [0.05, 0.1) is 0 Å². The summed E-state index contributed by atoms with van der Waals surface area (Å²) in [7, 11) is 0. The van der Waals surface area contributed by atoms with Gasteiger partial charge in [0, 0.05) is 45.0 Å². The summed E-state index contributed by atoms with van der Waals surface area (Å²) in [4.78, 5) is 25.4. The van der Waals surface area contributed by atoms with Crippen LogP contribution in [0.1, 0.15) is 32.1 Å². The molecule has 0 N–H and O–H groups in total. The van der Waals surface area contributed by atoms with Crippen LogP contribution >= 0.6 is 0 Å². The summed E-state index contributed by atoms with van der Waals surface area (Å²) in [6.07, 6.45) is 9.78. The molecule has 3 aliphatic rings. The lowest BCUT2D eigenvalue weighted by molar-refractivity contribution is -0.132. The van der Waals surface area contributed by atoms with E-state index in [1.165, 1.54) is 25.7 Å². The molecule has 118 valence electrons. The molecule has 0 aromatic carbocycles. The molecule has 3 fully saturated rings. The second kappa shape index (κ2) is 5.86. The Morgan fingerprint density at radius 3 is 2.50 bits per heavy atom. The normalized spacial score (nSPS) is 30.8. The van der Waals surface area contributed by atoms with Crippen LogP contribution in [-0.4, -0.2) is 47.0 Å². The summed E-state index contributed by atoms with van der Waals surface area (Å²) in [6.45, 7) is 3.29. The largest absolute Gasteiger partial charge is 0.339 e. The number of piperazine rings is 1. The first-order valence-electron chi connectivity index (χ1n) is 8.59. The molecule has 1 amide bonds. The van der Waals surface area contributed by atoms with Crippen molar-refractivity contribution in [2.75, 3.05) is 31.1 Å². The minimum Gasteiger partial charge on any atom is -0.339 e. The zero-order chi connectivity index (χ0) is 14.9. The third-order valence-electron chi connectivity index (χ3n) is 5.79. The molecule has 2 saturated carbocycles. The van der Waals surface area contributed by atoms with E-state index in [0.717, 1.165) is 50.4 Å². The number of hydrogen-bond donors (Lipinski definition) is 0. The highest BCUT2D eigenvalue weighted by molar-refractivity contribution is 5.76. The van der Waals surface area contributed by atoms with Gasteiger partial charge in [-0.2, -0.15) is 0 Å². The Kier molecular flexibility index (Phi) is 3.72. The van der Waals surface area contributed by atoms with Crippen molar-refractivity contribution in [1.29, 1.82) is 0 Å². The highest BCUT2D eigenvalue weighted by atomic mass is 16.2. The number of hydrogen-bond acceptors (Lipinski definition) is 4. The molecule has 0 unspecified atom stereocenters. The molecule has 5 heteroatoms. The number of carbonyl (C=O) groups is 1. The van der Waals surface area contributed by atoms with Gasteiger partial charge in [-0.1, -0.05) is 6.42 Å². The van der Waals surface area contributed by atoms with Gasteiger partial charge in [0.15, 0.2) is 0 Å². The van der Waals surface area contributed by atoms with E-state index >= 15 is 0 Å². The molecule has 2 bridgehead atoms. The second-order valence-electron chi connectivity index (χ2n) is 7.06. The minimum absolute atomic E-state index is 0.367. The van der Waals surface area contributed by atoms with Crippen LogP contribution in [0.25, 0.3) is 0 Å². The Hall–Kier alpha value is -1.65. The molecular weight excluding hydrogens is 276 g/mol. The molecule has 2 aliphatic carbocycles. The molecule has 0 radical (unpaired) electrons. The van der Waals surface area contributed by atoms with Gasteiger partial charge in [0.2, 0.25) is 11.9 Å². The molecular formula is C17H24N4O. The molecule has 5 nitrogen and oxygen atoms in total. The molecule has 1 aromatic rings. The smallest absolute Gasteiger partial charge is 0.225 e. The van der Waals surface area contributed by atoms with Crippen molar-refractivity contribution in [3.8, 4) is 0 Å². The van der Waals surface area contributed by atoms with Gasteiger partial charge >= 0.3 is 0 Å². The maximum absolute atomic E-state index is 12.5. The second-order valence-corrected chi connectivity index (χ2v) is 7.06. The van der Waals surface area contributed by atoms with E-state index in [0.29, 0.717) is 11.8 Å². The Morgan fingerprint density at radius 2 is 1.86 bits per heavy atom. The van der Waals surface area contributed by atoms with E-state index in [-0.39, 0.29) is 0 Å². The standard InChI is InChI=1S/C17H24N4O/c22-16(12-15-11-13-2-3-14(15)10-13)20-6-8-21(9-7-20)17-18-4-1-5-19-17/h1,4-5,13-15H,2-3,6-12H2/t13-,14-,15-/m0/s1. The lowest BCUT2D eigenvalue weighted by Gasteiger charge is -2.35. The van der Waals surface area contributed by atoms with Crippen LogP contribution in [0.4, 0.5) is 5.95 Å². The van der Waals surface area contributed by atoms with Crippen molar-refractivity contribution in [3.63, 3.8) is 0 Å². The monoisotopic (exact) mass is 300 g/mol. The molecule has 22 heavy (non-hydrogen) atoms. The van der Waals surface area contributed by atoms with Crippen LogP contribution in [0.5, 0.6) is 0 Å². The van der Waals surface area contributed by atoms with Crippen molar-refractivity contribution in [2.24, 2.45) is 17.8 Å². The Labute approximate surface area is 131 Å². The van der Waals surface area contributed by atoms with E-state index < -0.39 is 0 Å². The summed E-state index contributed by atoms with van der Waals surface area (Å²) in [6, 6.07) is 1.83. The van der Waals surface area contributed by atoms with Crippen LogP contribution in [0.15, 0.2) is 18.5 Å². The van der Waals surface area contributed by atoms with Crippen molar-refractivity contribution in [1.82, 2.24) is 14.9 Å². The fraction of sp³-hybridized carbons (Fsp3) is 0.706. The van der Waals surface area contributed by atoms with Crippen molar-refractivity contribution in [3.05, 3.63) is 18.5 Å². The fourth-order valence-corrected chi connectivity index (χ4v) is 4.59. The summed E-state index contributed by atoms with van der Waals surface area (Å²) in [5, 5.41) is 0. The first-order chi connectivity index (χ1) is 10.8. The van der Waals surface area contributed by atoms with Crippen LogP contribution in [0, 0.1) is 17.8 Å². The van der Waals surface area contributed by atoms with Crippen molar-refractivity contribution in [2.45, 2.75) is 32.1 Å². The van der Waals surface area contributed by atoms with E-state index in [9.17, 15) is 4.79 Å². The van der Waals surface area contributed by atoms with Crippen LogP contribution < -0.4 is 4.90 Å². The van der Waals surface area contributed by atoms with E-state index in [4.69, 9.17) is 0 Å². The summed E-state index contributed by atoms with van der Waals surface area (Å²) >= 11 is 0. The van der Waals surface area contributed by atoms with Gasteiger partial charge in [-0.15, -0.1) is 0 Å². The lowest BCUT2D eigenvalue weighted by atomic mass is 9.86. The van der Waals surface area contributed by atoms with Gasteiger partial charge in [-0.25, -0.2) is 9.97 Å². The number of rotatable bonds is 3. The summed E-state index contributed by atoms with van der Waals surface area (Å²) in [5.41, 5.74) is 0. The molecule has 3 atom stereocenters. The number of anilines is 1. The Bertz CT molecular complexity index is 527. The third-order valence-corrected chi connectivity index (χ3v) is 5.79. The van der Waals surface area contributed by atoms with Crippen molar-refractivity contribution >= 4 is 11.9 Å². The van der Waals surface area contributed by atoms with E-state index in [2.05, 4.69) is 14.9 Å². The molecule has 1 aliphatic heterocycles. The topological polar surface area (TPSA) is 49.3 Å². The highest BCUT2D eigenvalue weighted by Gasteiger charge is 2.40. The third kappa shape index (κ3) is 2.69. The number of amides is 1. The van der Waals surface area contributed by atoms with Crippen molar-refractivity contribution < 1.29 is 4.79 Å². The Balaban J connectivity index is 1.29. The average Bonchev–Trinajstić information content (AvgIpc) is 3.19. The quantitative estimate of drug-likeness (QED) is 0.856. The van der Waals surface area contributed by atoms with Gasteiger partial charge in [-0.05, 0) is 43.1 Å². The number of nitrogens with zero attached hydrogens (tertiary/aromatic N) is 4. The van der Waals surface area contributed by atoms with Gasteiger partial charge in [0.1, 0.15) is 0 Å². The first-order valence-corrected chi connectivity index (χ1v) is 8.59. The van der Waals surface area contributed by atoms with Gasteiger partial charge in [-0.3, -0.25) is 4.79 Å². The molecule has 1 aromatic heterocycles. The van der Waals surface area contributed by atoms with E-state index in [1.807, 2.05) is 11.0 Å². The maximum Gasteiger partial charge on any atom is 0.225 e. The van der Waals surface area contributed by atoms with Crippen LogP contribution in [0.2, 0.25) is 0 Å². The predicted molar refractivity (Wildman–Crippen MR) is 84.4 cm³/mol. The summed E-state index contributed by atoms with van der Waals surface area (Å²) < 4.78 is 0. The Morgan fingerprint density at radius 1 is 1.09 bits per heavy atom. The average molecular weight is 300 g/mol. The lowest BCUT2D eigenvalue weighted by Crippen LogP contribution is -2.49. The van der Waals surface area contributed by atoms with Gasteiger partial charge < -0.3 is 9.80 Å². The molecule has 1 saturated heterocycles. The number of fused-ring (bicyclic) bond motifs is 2. The minimum atomic E-state index is 0.367. The zero-order valence-corrected chi connectivity index (χ0v) is 13.0. The predicted octanol–water partition coefficient (Wildman–Crippen LogP) is 1.95. The maximum atomic E-state index is 12.5. The first kappa shape index (κ1) is 14.0. The molecule has 0 spiro atoms. The summed E-state index contributed by atoms with van der Waals surface area (Å²) in [5.74, 6) is 3.58. The highest BCUT2D eigenvalue weighted by Crippen LogP contribution is 2.49. The van der Waals surface area contributed by atoms with Gasteiger partial charge in [0.25, 0.3) is 0 Å². The zero-order valence-electron chi connectivity index (χ0n) is 13.0. The van der Waals surface area contributed by atoms with Crippen LogP contribution in [0.3, 0.4) is 0 Å². The number of aromatic nitrogens is 2.